The molecule has 1 aromatic heterocycles. The Morgan fingerprint density at radius 2 is 2.10 bits per heavy atom. The van der Waals surface area contributed by atoms with Crippen LogP contribution in [0.1, 0.15) is 41.7 Å². The number of aromatic nitrogens is 2. The van der Waals surface area contributed by atoms with E-state index < -0.39 is 0 Å². The minimum Gasteiger partial charge on any atom is -0.341 e. The van der Waals surface area contributed by atoms with Gasteiger partial charge in [-0.1, -0.05) is 36.6 Å². The average Bonchev–Trinajstić information content (AvgIpc) is 3.10. The van der Waals surface area contributed by atoms with Crippen LogP contribution in [-0.2, 0) is 5.54 Å². The van der Waals surface area contributed by atoms with E-state index >= 15 is 0 Å². The number of benzene rings is 1. The summed E-state index contributed by atoms with van der Waals surface area (Å²) in [5.41, 5.74) is 1.25. The summed E-state index contributed by atoms with van der Waals surface area (Å²) in [5, 5.41) is 10.4. The van der Waals surface area contributed by atoms with E-state index in [1.54, 1.807) is 12.3 Å². The van der Waals surface area contributed by atoms with Crippen LogP contribution in [-0.4, -0.2) is 16.1 Å². The number of hydrogen-bond donors (Lipinski definition) is 2. The van der Waals surface area contributed by atoms with E-state index in [1.165, 1.54) is 0 Å². The zero-order valence-corrected chi connectivity index (χ0v) is 11.8. The molecular formula is C15H16ClN3O. The van der Waals surface area contributed by atoms with E-state index in [0.717, 1.165) is 31.2 Å². The first-order chi connectivity index (χ1) is 9.70. The van der Waals surface area contributed by atoms with Gasteiger partial charge in [0.25, 0.3) is 5.91 Å². The Bertz CT molecular complexity index is 603. The molecule has 20 heavy (non-hydrogen) atoms. The summed E-state index contributed by atoms with van der Waals surface area (Å²) in [6, 6.07) is 9.44. The zero-order chi connectivity index (χ0) is 14.0. The fraction of sp³-hybridized carbons (Fsp3) is 0.333. The fourth-order valence-corrected chi connectivity index (χ4v) is 3.11. The van der Waals surface area contributed by atoms with E-state index in [1.807, 2.05) is 24.3 Å². The molecule has 0 saturated heterocycles. The molecule has 1 amide bonds. The monoisotopic (exact) mass is 289 g/mol. The minimum absolute atomic E-state index is 0.121. The second kappa shape index (κ2) is 5.29. The number of nitrogens with one attached hydrogen (secondary N) is 2. The van der Waals surface area contributed by atoms with Crippen LogP contribution in [0.4, 0.5) is 0 Å². The van der Waals surface area contributed by atoms with E-state index in [9.17, 15) is 4.79 Å². The van der Waals surface area contributed by atoms with Crippen LogP contribution < -0.4 is 5.32 Å². The number of hydrogen-bond acceptors (Lipinski definition) is 2. The van der Waals surface area contributed by atoms with Gasteiger partial charge in [0.05, 0.1) is 5.54 Å². The number of carbonyl (C=O) groups is 1. The Morgan fingerprint density at radius 3 is 2.75 bits per heavy atom. The van der Waals surface area contributed by atoms with Crippen molar-refractivity contribution in [1.29, 1.82) is 0 Å². The van der Waals surface area contributed by atoms with Gasteiger partial charge in [-0.3, -0.25) is 9.89 Å². The largest absolute Gasteiger partial charge is 0.341 e. The molecule has 2 aromatic rings. The first-order valence-corrected chi connectivity index (χ1v) is 7.15. The number of H-pyrrole nitrogens is 1. The SMILES string of the molecule is O=C(NC1(c2cccc(Cl)c2)CCCC1)c1ccn[nH]1. The van der Waals surface area contributed by atoms with Crippen LogP contribution in [0.15, 0.2) is 36.5 Å². The molecule has 0 unspecified atom stereocenters. The van der Waals surface area contributed by atoms with Crippen molar-refractivity contribution in [3.8, 4) is 0 Å². The summed E-state index contributed by atoms with van der Waals surface area (Å²) in [4.78, 5) is 12.3. The van der Waals surface area contributed by atoms with Gasteiger partial charge in [0, 0.05) is 11.2 Å². The Kier molecular flexibility index (Phi) is 3.49. The molecule has 2 N–H and O–H groups in total. The van der Waals surface area contributed by atoms with Crippen LogP contribution in [0.3, 0.4) is 0 Å². The summed E-state index contributed by atoms with van der Waals surface area (Å²) < 4.78 is 0. The molecule has 1 fully saturated rings. The Hall–Kier alpha value is -1.81. The van der Waals surface area contributed by atoms with Crippen LogP contribution in [0.2, 0.25) is 5.02 Å². The third kappa shape index (κ3) is 2.43. The molecule has 0 bridgehead atoms. The van der Waals surface area contributed by atoms with Crippen molar-refractivity contribution in [2.75, 3.05) is 0 Å². The molecule has 4 nitrogen and oxygen atoms in total. The molecular weight excluding hydrogens is 274 g/mol. The first kappa shape index (κ1) is 13.2. The van der Waals surface area contributed by atoms with Crippen molar-refractivity contribution >= 4 is 17.5 Å². The predicted octanol–water partition coefficient (Wildman–Crippen LogP) is 3.26. The highest BCUT2D eigenvalue weighted by Crippen LogP contribution is 2.39. The lowest BCUT2D eigenvalue weighted by atomic mass is 9.88. The lowest BCUT2D eigenvalue weighted by molar-refractivity contribution is 0.0893. The Labute approximate surface area is 122 Å². The van der Waals surface area contributed by atoms with Gasteiger partial charge in [-0.15, -0.1) is 0 Å². The van der Waals surface area contributed by atoms with E-state index in [4.69, 9.17) is 11.6 Å². The summed E-state index contributed by atoms with van der Waals surface area (Å²) in [7, 11) is 0. The van der Waals surface area contributed by atoms with Gasteiger partial charge in [-0.2, -0.15) is 5.10 Å². The number of nitrogens with zero attached hydrogens (tertiary/aromatic N) is 1. The average molecular weight is 290 g/mol. The number of halogens is 1. The highest BCUT2D eigenvalue weighted by atomic mass is 35.5. The maximum atomic E-state index is 12.3. The van der Waals surface area contributed by atoms with Crippen LogP contribution in [0, 0.1) is 0 Å². The predicted molar refractivity (Wildman–Crippen MR) is 77.7 cm³/mol. The maximum Gasteiger partial charge on any atom is 0.269 e. The quantitative estimate of drug-likeness (QED) is 0.911. The zero-order valence-electron chi connectivity index (χ0n) is 11.0. The van der Waals surface area contributed by atoms with Gasteiger partial charge in [-0.05, 0) is 36.6 Å². The number of aromatic amines is 1. The second-order valence-electron chi connectivity index (χ2n) is 5.22. The van der Waals surface area contributed by atoms with Crippen molar-refractivity contribution in [1.82, 2.24) is 15.5 Å². The van der Waals surface area contributed by atoms with E-state index in [0.29, 0.717) is 10.7 Å². The molecule has 0 atom stereocenters. The minimum atomic E-state index is -0.312. The van der Waals surface area contributed by atoms with Gasteiger partial charge >= 0.3 is 0 Å². The maximum absolute atomic E-state index is 12.3. The smallest absolute Gasteiger partial charge is 0.269 e. The third-order valence-corrected chi connectivity index (χ3v) is 4.17. The van der Waals surface area contributed by atoms with Gasteiger partial charge < -0.3 is 5.32 Å². The van der Waals surface area contributed by atoms with E-state index in [-0.39, 0.29) is 11.4 Å². The van der Waals surface area contributed by atoms with Gasteiger partial charge in [0.15, 0.2) is 0 Å². The molecule has 0 spiro atoms. The molecule has 0 aliphatic heterocycles. The lowest BCUT2D eigenvalue weighted by Gasteiger charge is -2.31. The molecule has 0 radical (unpaired) electrons. The van der Waals surface area contributed by atoms with Gasteiger partial charge in [0.2, 0.25) is 0 Å². The third-order valence-electron chi connectivity index (χ3n) is 3.93. The summed E-state index contributed by atoms with van der Waals surface area (Å²) in [5.74, 6) is -0.121. The summed E-state index contributed by atoms with van der Waals surface area (Å²) in [6.07, 6.45) is 5.67. The number of carbonyl (C=O) groups excluding carboxylic acids is 1. The van der Waals surface area contributed by atoms with Crippen LogP contribution in [0.25, 0.3) is 0 Å². The van der Waals surface area contributed by atoms with E-state index in [2.05, 4.69) is 15.5 Å². The number of amides is 1. The Morgan fingerprint density at radius 1 is 1.30 bits per heavy atom. The van der Waals surface area contributed by atoms with Crippen LogP contribution in [0.5, 0.6) is 0 Å². The molecule has 104 valence electrons. The highest BCUT2D eigenvalue weighted by Gasteiger charge is 2.37. The normalized spacial score (nSPS) is 17.1. The molecule has 1 aliphatic carbocycles. The first-order valence-electron chi connectivity index (χ1n) is 6.78. The summed E-state index contributed by atoms with van der Waals surface area (Å²) in [6.45, 7) is 0. The Balaban J connectivity index is 1.90. The molecule has 1 aliphatic rings. The van der Waals surface area contributed by atoms with Crippen molar-refractivity contribution in [2.24, 2.45) is 0 Å². The van der Waals surface area contributed by atoms with Crippen LogP contribution >= 0.6 is 11.6 Å². The molecule has 1 heterocycles. The second-order valence-corrected chi connectivity index (χ2v) is 5.66. The highest BCUT2D eigenvalue weighted by molar-refractivity contribution is 6.30. The van der Waals surface area contributed by atoms with Crippen molar-refractivity contribution < 1.29 is 4.79 Å². The number of rotatable bonds is 3. The van der Waals surface area contributed by atoms with Crippen molar-refractivity contribution in [3.05, 3.63) is 52.8 Å². The lowest BCUT2D eigenvalue weighted by Crippen LogP contribution is -2.44. The molecule has 5 heteroatoms. The summed E-state index contributed by atoms with van der Waals surface area (Å²) >= 11 is 6.09. The molecule has 1 aromatic carbocycles. The van der Waals surface area contributed by atoms with Gasteiger partial charge in [-0.25, -0.2) is 0 Å². The van der Waals surface area contributed by atoms with Crippen molar-refractivity contribution in [3.63, 3.8) is 0 Å². The standard InChI is InChI=1S/C15H16ClN3O/c16-12-5-3-4-11(10-12)15(7-1-2-8-15)18-14(20)13-6-9-17-19-13/h3-6,9-10H,1-2,7-8H2,(H,17,19)(H,18,20). The fourth-order valence-electron chi connectivity index (χ4n) is 2.92. The topological polar surface area (TPSA) is 57.8 Å². The molecule has 1 saturated carbocycles. The van der Waals surface area contributed by atoms with Gasteiger partial charge in [0.1, 0.15) is 5.69 Å². The molecule has 3 rings (SSSR count). The van der Waals surface area contributed by atoms with Crippen molar-refractivity contribution in [2.45, 2.75) is 31.2 Å².